The van der Waals surface area contributed by atoms with Crippen LogP contribution in [0.15, 0.2) is 34.1 Å². The molecular formula is C22H25N3O4. The molecule has 152 valence electrons. The first-order valence-electron chi connectivity index (χ1n) is 9.62. The average Bonchev–Trinajstić information content (AvgIpc) is 2.71. The van der Waals surface area contributed by atoms with Gasteiger partial charge in [0, 0.05) is 12.8 Å². The van der Waals surface area contributed by atoms with Crippen LogP contribution in [0.4, 0.5) is 5.69 Å². The van der Waals surface area contributed by atoms with E-state index in [-0.39, 0.29) is 11.4 Å². The Morgan fingerprint density at radius 3 is 2.55 bits per heavy atom. The van der Waals surface area contributed by atoms with Crippen molar-refractivity contribution < 1.29 is 14.6 Å². The van der Waals surface area contributed by atoms with Gasteiger partial charge in [-0.2, -0.15) is 5.26 Å². The van der Waals surface area contributed by atoms with Gasteiger partial charge in [-0.3, -0.25) is 14.4 Å². The lowest BCUT2D eigenvalue weighted by atomic mass is 10.1. The van der Waals surface area contributed by atoms with E-state index < -0.39 is 11.5 Å². The van der Waals surface area contributed by atoms with E-state index in [0.717, 1.165) is 19.3 Å². The molecule has 1 aromatic heterocycles. The van der Waals surface area contributed by atoms with Gasteiger partial charge in [0.1, 0.15) is 11.6 Å². The number of hydrogen-bond donors (Lipinski definition) is 1. The molecule has 7 heteroatoms. The SMILES string of the molecule is CCCCCn1c(O)c(C=Nc2ccc(C(=O)OCC)cc2)c(C)c(C#N)c1=O. The quantitative estimate of drug-likeness (QED) is 0.415. The highest BCUT2D eigenvalue weighted by molar-refractivity contribution is 5.90. The van der Waals surface area contributed by atoms with E-state index in [9.17, 15) is 20.0 Å². The topological polar surface area (TPSA) is 105 Å². The van der Waals surface area contributed by atoms with Crippen molar-refractivity contribution >= 4 is 17.9 Å². The van der Waals surface area contributed by atoms with Crippen LogP contribution >= 0.6 is 0 Å². The first-order chi connectivity index (χ1) is 13.9. The zero-order valence-electron chi connectivity index (χ0n) is 16.9. The number of nitrogens with zero attached hydrogens (tertiary/aromatic N) is 3. The van der Waals surface area contributed by atoms with Gasteiger partial charge < -0.3 is 9.84 Å². The molecule has 1 aromatic carbocycles. The number of unbranched alkanes of at least 4 members (excludes halogenated alkanes) is 2. The second-order valence-corrected chi connectivity index (χ2v) is 6.54. The molecule has 29 heavy (non-hydrogen) atoms. The summed E-state index contributed by atoms with van der Waals surface area (Å²) in [6.45, 7) is 6.03. The largest absolute Gasteiger partial charge is 0.494 e. The molecule has 0 aliphatic heterocycles. The van der Waals surface area contributed by atoms with Crippen LogP contribution in [0, 0.1) is 18.3 Å². The standard InChI is InChI=1S/C22H25N3O4/c1-4-6-7-12-25-20(26)18(13-23)15(3)19(21(25)27)14-24-17-10-8-16(9-11-17)22(28)29-5-2/h8-11,14,27H,4-7,12H2,1-3H3. The Labute approximate surface area is 169 Å². The zero-order valence-corrected chi connectivity index (χ0v) is 16.9. The average molecular weight is 395 g/mol. The van der Waals surface area contributed by atoms with Crippen molar-refractivity contribution in [2.75, 3.05) is 6.61 Å². The Morgan fingerprint density at radius 2 is 1.97 bits per heavy atom. The maximum absolute atomic E-state index is 12.5. The first kappa shape index (κ1) is 21.9. The maximum Gasteiger partial charge on any atom is 0.338 e. The molecule has 0 aliphatic rings. The second-order valence-electron chi connectivity index (χ2n) is 6.54. The van der Waals surface area contributed by atoms with Crippen molar-refractivity contribution in [1.29, 1.82) is 5.26 Å². The van der Waals surface area contributed by atoms with Crippen molar-refractivity contribution in [1.82, 2.24) is 4.57 Å². The van der Waals surface area contributed by atoms with Crippen molar-refractivity contribution in [3.63, 3.8) is 0 Å². The molecule has 0 atom stereocenters. The molecule has 0 aliphatic carbocycles. The smallest absolute Gasteiger partial charge is 0.338 e. The van der Waals surface area contributed by atoms with Gasteiger partial charge in [0.25, 0.3) is 5.56 Å². The Morgan fingerprint density at radius 1 is 1.28 bits per heavy atom. The summed E-state index contributed by atoms with van der Waals surface area (Å²) in [5.74, 6) is -0.608. The lowest BCUT2D eigenvalue weighted by Crippen LogP contribution is -2.25. The number of carbonyl (C=O) groups excluding carboxylic acids is 1. The van der Waals surface area contributed by atoms with Gasteiger partial charge in [-0.15, -0.1) is 0 Å². The summed E-state index contributed by atoms with van der Waals surface area (Å²) in [7, 11) is 0. The molecular weight excluding hydrogens is 370 g/mol. The van der Waals surface area contributed by atoms with Crippen LogP contribution in [0.5, 0.6) is 5.88 Å². The summed E-state index contributed by atoms with van der Waals surface area (Å²) in [6, 6.07) is 8.44. The summed E-state index contributed by atoms with van der Waals surface area (Å²) in [5.41, 5.74) is 1.19. The number of aromatic hydroxyl groups is 1. The van der Waals surface area contributed by atoms with Gasteiger partial charge in [-0.05, 0) is 50.1 Å². The molecule has 1 N–H and O–H groups in total. The number of esters is 1. The number of carbonyl (C=O) groups is 1. The van der Waals surface area contributed by atoms with Crippen molar-refractivity contribution in [2.24, 2.45) is 4.99 Å². The number of nitriles is 1. The van der Waals surface area contributed by atoms with E-state index in [1.165, 1.54) is 10.8 Å². The van der Waals surface area contributed by atoms with Gasteiger partial charge in [-0.1, -0.05) is 19.8 Å². The fourth-order valence-corrected chi connectivity index (χ4v) is 2.89. The molecule has 0 saturated heterocycles. The van der Waals surface area contributed by atoms with E-state index in [4.69, 9.17) is 4.74 Å². The Hall–Kier alpha value is -3.40. The monoisotopic (exact) mass is 395 g/mol. The number of aliphatic imine (C=N–C) groups is 1. The first-order valence-corrected chi connectivity index (χ1v) is 9.62. The molecule has 7 nitrogen and oxygen atoms in total. The van der Waals surface area contributed by atoms with E-state index >= 15 is 0 Å². The number of ether oxygens (including phenoxy) is 1. The summed E-state index contributed by atoms with van der Waals surface area (Å²) in [5, 5.41) is 20.0. The number of rotatable bonds is 8. The van der Waals surface area contributed by atoms with Gasteiger partial charge in [0.2, 0.25) is 5.88 Å². The molecule has 2 rings (SSSR count). The second kappa shape index (κ2) is 10.2. The lowest BCUT2D eigenvalue weighted by Gasteiger charge is -2.13. The highest BCUT2D eigenvalue weighted by Crippen LogP contribution is 2.22. The van der Waals surface area contributed by atoms with Gasteiger partial charge >= 0.3 is 5.97 Å². The molecule has 1 heterocycles. The number of aromatic nitrogens is 1. The predicted molar refractivity (Wildman–Crippen MR) is 111 cm³/mol. The Kier molecular flexibility index (Phi) is 7.72. The van der Waals surface area contributed by atoms with E-state index in [1.807, 2.05) is 13.0 Å². The lowest BCUT2D eigenvalue weighted by molar-refractivity contribution is 0.0526. The fraction of sp³-hybridized carbons (Fsp3) is 0.364. The van der Waals surface area contributed by atoms with E-state index in [1.54, 1.807) is 38.1 Å². The van der Waals surface area contributed by atoms with Crippen LogP contribution in [0.3, 0.4) is 0 Å². The number of pyridine rings is 1. The van der Waals surface area contributed by atoms with E-state index in [2.05, 4.69) is 4.99 Å². The third-order valence-electron chi connectivity index (χ3n) is 4.55. The molecule has 0 radical (unpaired) electrons. The van der Waals surface area contributed by atoms with Gasteiger partial charge in [0.15, 0.2) is 0 Å². The summed E-state index contributed by atoms with van der Waals surface area (Å²) in [4.78, 5) is 28.6. The minimum Gasteiger partial charge on any atom is -0.494 e. The minimum atomic E-state index is -0.491. The minimum absolute atomic E-state index is 0.00147. The normalized spacial score (nSPS) is 10.8. The van der Waals surface area contributed by atoms with Crippen LogP contribution in [-0.2, 0) is 11.3 Å². The zero-order chi connectivity index (χ0) is 21.4. The molecule has 0 amide bonds. The summed E-state index contributed by atoms with van der Waals surface area (Å²) >= 11 is 0. The van der Waals surface area contributed by atoms with Crippen LogP contribution in [-0.4, -0.2) is 28.5 Å². The van der Waals surface area contributed by atoms with Crippen molar-refractivity contribution in [2.45, 2.75) is 46.6 Å². The molecule has 0 saturated carbocycles. The third kappa shape index (κ3) is 5.11. The summed E-state index contributed by atoms with van der Waals surface area (Å²) in [6.07, 6.45) is 4.05. The van der Waals surface area contributed by atoms with Crippen LogP contribution in [0.1, 0.15) is 60.2 Å². The number of hydrogen-bond acceptors (Lipinski definition) is 6. The molecule has 0 fully saturated rings. The van der Waals surface area contributed by atoms with Crippen molar-refractivity contribution in [3.05, 3.63) is 56.9 Å². The summed E-state index contributed by atoms with van der Waals surface area (Å²) < 4.78 is 6.17. The Balaban J connectivity index is 2.38. The van der Waals surface area contributed by atoms with Crippen LogP contribution < -0.4 is 5.56 Å². The van der Waals surface area contributed by atoms with Crippen molar-refractivity contribution in [3.8, 4) is 11.9 Å². The molecule has 0 unspecified atom stereocenters. The van der Waals surface area contributed by atoms with E-state index in [0.29, 0.717) is 35.5 Å². The van der Waals surface area contributed by atoms with Crippen LogP contribution in [0.25, 0.3) is 0 Å². The highest BCUT2D eigenvalue weighted by atomic mass is 16.5. The molecule has 0 spiro atoms. The fourth-order valence-electron chi connectivity index (χ4n) is 2.89. The highest BCUT2D eigenvalue weighted by Gasteiger charge is 2.17. The number of benzene rings is 1. The predicted octanol–water partition coefficient (Wildman–Crippen LogP) is 3.85. The Bertz CT molecular complexity index is 999. The molecule has 2 aromatic rings. The maximum atomic E-state index is 12.5. The van der Waals surface area contributed by atoms with Gasteiger partial charge in [-0.25, -0.2) is 4.79 Å². The van der Waals surface area contributed by atoms with Crippen LogP contribution in [0.2, 0.25) is 0 Å². The third-order valence-corrected chi connectivity index (χ3v) is 4.55. The molecule has 0 bridgehead atoms. The van der Waals surface area contributed by atoms with Gasteiger partial charge in [0.05, 0.1) is 23.4 Å².